The molecule has 10 heteroatoms. The van der Waals surface area contributed by atoms with Crippen molar-refractivity contribution in [2.75, 3.05) is 7.05 Å². The first-order valence-electron chi connectivity index (χ1n) is 7.66. The molecule has 2 rings (SSSR count). The summed E-state index contributed by atoms with van der Waals surface area (Å²) in [6.45, 7) is 3.50. The first-order valence-corrected chi connectivity index (χ1v) is 8.04. The lowest BCUT2D eigenvalue weighted by Gasteiger charge is -2.21. The number of fused-ring (bicyclic) bond motifs is 1. The molecule has 1 heterocycles. The number of hydrogen-bond donors (Lipinski definition) is 2. The van der Waals surface area contributed by atoms with Crippen LogP contribution in [0.2, 0.25) is 0 Å². The van der Waals surface area contributed by atoms with Gasteiger partial charge in [0.2, 0.25) is 6.41 Å². The molecule has 0 bridgehead atoms. The van der Waals surface area contributed by atoms with Crippen LogP contribution in [0.4, 0.5) is 8.78 Å². The van der Waals surface area contributed by atoms with Gasteiger partial charge in [-0.15, -0.1) is 8.78 Å². The van der Waals surface area contributed by atoms with Gasteiger partial charge in [-0.25, -0.2) is 0 Å². The first kappa shape index (κ1) is 19.8. The van der Waals surface area contributed by atoms with Gasteiger partial charge in [0.25, 0.3) is 5.91 Å². The third kappa shape index (κ3) is 4.34. The topological polar surface area (TPSA) is 79.9 Å². The van der Waals surface area contributed by atoms with E-state index in [0.29, 0.717) is 12.0 Å². The van der Waals surface area contributed by atoms with Gasteiger partial charge in [-0.3, -0.25) is 14.5 Å². The number of nitrogens with one attached hydrogen (secondary N) is 2. The minimum Gasteiger partial charge on any atom is -0.395 e. The van der Waals surface area contributed by atoms with Crippen molar-refractivity contribution in [1.29, 1.82) is 0 Å². The van der Waals surface area contributed by atoms with Crippen LogP contribution < -0.4 is 20.1 Å². The highest BCUT2D eigenvalue weighted by Crippen LogP contribution is 2.41. The molecule has 142 valence electrons. The Labute approximate surface area is 153 Å². The molecule has 0 spiro atoms. The highest BCUT2D eigenvalue weighted by molar-refractivity contribution is 6.43. The summed E-state index contributed by atoms with van der Waals surface area (Å²) < 4.78 is 34.8. The molecule has 0 aromatic heterocycles. The number of nitrogens with zero attached hydrogens (tertiary/aromatic N) is 1. The zero-order valence-electron chi connectivity index (χ0n) is 14.3. The van der Waals surface area contributed by atoms with Crippen LogP contribution in [0.1, 0.15) is 19.4 Å². The van der Waals surface area contributed by atoms with Gasteiger partial charge in [0.05, 0.1) is 0 Å². The van der Waals surface area contributed by atoms with Crippen LogP contribution in [0.15, 0.2) is 29.1 Å². The average Bonchev–Trinajstić information content (AvgIpc) is 2.88. The molecule has 1 aliphatic heterocycles. The summed E-state index contributed by atoms with van der Waals surface area (Å²) in [5, 5.41) is 5.41. The molecule has 1 aromatic carbocycles. The smallest absolute Gasteiger partial charge is 0.395 e. The molecular weight excluding hydrogens is 372 g/mol. The molecule has 0 fully saturated rings. The van der Waals surface area contributed by atoms with Crippen LogP contribution in [0, 0.1) is 0 Å². The van der Waals surface area contributed by atoms with Crippen molar-refractivity contribution in [2.24, 2.45) is 0 Å². The highest BCUT2D eigenvalue weighted by Gasteiger charge is 2.43. The van der Waals surface area contributed by atoms with Crippen molar-refractivity contribution in [3.8, 4) is 11.5 Å². The Morgan fingerprint density at radius 1 is 1.35 bits per heavy atom. The summed E-state index contributed by atoms with van der Waals surface area (Å²) >= 11 is 6.07. The molecule has 2 amide bonds. The van der Waals surface area contributed by atoms with Crippen LogP contribution in [0.5, 0.6) is 11.5 Å². The standard InChI is InChI=1S/C16H18ClF2N3O4/c1-9(2)22(8-23)15(24)13(17)14(20-3)21-7-10-4-5-11-12(6-10)26-16(18,19)25-11/h4-6,8-9,20-21H,7H2,1-3H3/b14-13-. The molecule has 26 heavy (non-hydrogen) atoms. The maximum absolute atomic E-state index is 13.0. The molecule has 2 N–H and O–H groups in total. The van der Waals surface area contributed by atoms with Crippen LogP contribution in [0.25, 0.3) is 0 Å². The molecule has 7 nitrogen and oxygen atoms in total. The van der Waals surface area contributed by atoms with E-state index in [1.807, 2.05) is 0 Å². The minimum atomic E-state index is -3.69. The van der Waals surface area contributed by atoms with Gasteiger partial charge in [-0.05, 0) is 31.5 Å². The SMILES string of the molecule is CN/C(NCc1ccc2c(c1)OC(F)(F)O2)=C(/Cl)C(=O)N(C=O)C(C)C. The number of hydrogen-bond acceptors (Lipinski definition) is 6. The Balaban J connectivity index is 2.12. The van der Waals surface area contributed by atoms with Crippen molar-refractivity contribution in [3.63, 3.8) is 0 Å². The van der Waals surface area contributed by atoms with Crippen LogP contribution in [-0.2, 0) is 16.1 Å². The lowest BCUT2D eigenvalue weighted by molar-refractivity contribution is -0.286. The predicted molar refractivity (Wildman–Crippen MR) is 89.5 cm³/mol. The fourth-order valence-electron chi connectivity index (χ4n) is 2.19. The summed E-state index contributed by atoms with van der Waals surface area (Å²) in [5.74, 6) is -0.626. The molecule has 1 aliphatic rings. The number of carbonyl (C=O) groups is 2. The number of alkyl halides is 2. The lowest BCUT2D eigenvalue weighted by Crippen LogP contribution is -2.38. The number of ether oxygens (including phenoxy) is 2. The van der Waals surface area contributed by atoms with Gasteiger partial charge >= 0.3 is 6.29 Å². The van der Waals surface area contributed by atoms with Crippen molar-refractivity contribution in [2.45, 2.75) is 32.7 Å². The third-order valence-corrected chi connectivity index (χ3v) is 3.85. The van der Waals surface area contributed by atoms with Crippen molar-refractivity contribution in [3.05, 3.63) is 34.6 Å². The van der Waals surface area contributed by atoms with Crippen LogP contribution in [-0.4, -0.2) is 36.6 Å². The summed E-state index contributed by atoms with van der Waals surface area (Å²) in [6.07, 6.45) is -3.28. The molecule has 0 atom stereocenters. The quantitative estimate of drug-likeness (QED) is 0.549. The van der Waals surface area contributed by atoms with Gasteiger partial charge in [-0.1, -0.05) is 17.7 Å². The van der Waals surface area contributed by atoms with Crippen molar-refractivity contribution >= 4 is 23.9 Å². The van der Waals surface area contributed by atoms with Crippen LogP contribution in [0.3, 0.4) is 0 Å². The Hall–Kier alpha value is -2.55. The van der Waals surface area contributed by atoms with Gasteiger partial charge in [0.15, 0.2) is 11.5 Å². The maximum Gasteiger partial charge on any atom is 0.586 e. The number of benzene rings is 1. The maximum atomic E-state index is 13.0. The van der Waals surface area contributed by atoms with E-state index in [1.165, 1.54) is 12.1 Å². The van der Waals surface area contributed by atoms with E-state index in [4.69, 9.17) is 11.6 Å². The second-order valence-electron chi connectivity index (χ2n) is 5.65. The second-order valence-corrected chi connectivity index (χ2v) is 6.03. The fourth-order valence-corrected chi connectivity index (χ4v) is 2.45. The number of carbonyl (C=O) groups excluding carboxylic acids is 2. The second kappa shape index (κ2) is 7.77. The largest absolute Gasteiger partial charge is 0.586 e. The molecule has 0 radical (unpaired) electrons. The van der Waals surface area contributed by atoms with Gasteiger partial charge in [0, 0.05) is 19.6 Å². The minimum absolute atomic E-state index is 0.0603. The highest BCUT2D eigenvalue weighted by atomic mass is 35.5. The van der Waals surface area contributed by atoms with Crippen molar-refractivity contribution < 1.29 is 27.8 Å². The number of imide groups is 1. The molecule has 0 aliphatic carbocycles. The fraction of sp³-hybridized carbons (Fsp3) is 0.375. The summed E-state index contributed by atoms with van der Waals surface area (Å²) in [4.78, 5) is 24.2. The monoisotopic (exact) mass is 389 g/mol. The Kier molecular flexibility index (Phi) is 5.91. The number of rotatable bonds is 7. The molecule has 0 saturated carbocycles. The Bertz CT molecular complexity index is 740. The van der Waals surface area contributed by atoms with Crippen molar-refractivity contribution in [1.82, 2.24) is 15.5 Å². The van der Waals surface area contributed by atoms with Gasteiger partial charge < -0.3 is 20.1 Å². The summed E-state index contributed by atoms with van der Waals surface area (Å²) in [6, 6.07) is 3.95. The van der Waals surface area contributed by atoms with E-state index in [9.17, 15) is 18.4 Å². The van der Waals surface area contributed by atoms with E-state index < -0.39 is 12.2 Å². The number of halogens is 3. The molecular formula is C16H18ClF2N3O4. The van der Waals surface area contributed by atoms with E-state index in [0.717, 1.165) is 4.90 Å². The zero-order valence-corrected chi connectivity index (χ0v) is 15.1. The molecule has 0 saturated heterocycles. The third-order valence-electron chi connectivity index (χ3n) is 3.50. The number of amides is 2. The molecule has 0 unspecified atom stereocenters. The van der Waals surface area contributed by atoms with E-state index in [1.54, 1.807) is 27.0 Å². The first-order chi connectivity index (χ1) is 12.2. The molecule has 1 aromatic rings. The lowest BCUT2D eigenvalue weighted by atomic mass is 10.2. The zero-order chi connectivity index (χ0) is 19.5. The van der Waals surface area contributed by atoms with Gasteiger partial charge in [-0.2, -0.15) is 0 Å². The predicted octanol–water partition coefficient (Wildman–Crippen LogP) is 2.12. The summed E-state index contributed by atoms with van der Waals surface area (Å²) in [5.41, 5.74) is 0.589. The Morgan fingerprint density at radius 2 is 2.00 bits per heavy atom. The van der Waals surface area contributed by atoms with Crippen LogP contribution >= 0.6 is 11.6 Å². The van der Waals surface area contributed by atoms with E-state index >= 15 is 0 Å². The normalized spacial score (nSPS) is 15.3. The van der Waals surface area contributed by atoms with Gasteiger partial charge in [0.1, 0.15) is 10.9 Å². The summed E-state index contributed by atoms with van der Waals surface area (Å²) in [7, 11) is 1.54. The Morgan fingerprint density at radius 3 is 2.58 bits per heavy atom. The average molecular weight is 390 g/mol. The van der Waals surface area contributed by atoms with E-state index in [-0.39, 0.29) is 34.9 Å². The van der Waals surface area contributed by atoms with E-state index in [2.05, 4.69) is 20.1 Å².